The van der Waals surface area contributed by atoms with Crippen molar-refractivity contribution in [3.8, 4) is 5.75 Å². The van der Waals surface area contributed by atoms with Crippen LogP contribution in [-0.2, 0) is 16.0 Å². The average molecular weight is 387 g/mol. The molecular weight excluding hydrogens is 360 g/mol. The maximum absolute atomic E-state index is 11.4. The van der Waals surface area contributed by atoms with E-state index in [4.69, 9.17) is 9.16 Å². The summed E-state index contributed by atoms with van der Waals surface area (Å²) in [4.78, 5) is 11.1. The molecule has 0 fully saturated rings. The van der Waals surface area contributed by atoms with Crippen molar-refractivity contribution in [3.05, 3.63) is 29.8 Å². The number of carbonyl (C=O) groups is 1. The van der Waals surface area contributed by atoms with Gasteiger partial charge in [-0.2, -0.15) is 0 Å². The molecule has 1 aromatic carbocycles. The molecule has 0 bridgehead atoms. The molecule has 0 aliphatic carbocycles. The monoisotopic (exact) mass is 386 g/mol. The van der Waals surface area contributed by atoms with E-state index in [1.54, 1.807) is 0 Å². The number of methoxy groups -OCH3 is 1. The molecule has 1 rings (SSSR count). The van der Waals surface area contributed by atoms with Gasteiger partial charge in [0.05, 0.1) is 7.11 Å². The molecule has 0 heterocycles. The third-order valence-corrected chi connectivity index (χ3v) is 9.44. The molecule has 3 nitrogen and oxygen atoms in total. The highest BCUT2D eigenvalue weighted by molar-refractivity contribution is 9.10. The first-order valence-corrected chi connectivity index (χ1v) is 11.4. The summed E-state index contributed by atoms with van der Waals surface area (Å²) >= 11 is 3.34. The highest BCUT2D eigenvalue weighted by Crippen LogP contribution is 2.37. The molecule has 0 amide bonds. The number of hydrogen-bond acceptors (Lipinski definition) is 3. The minimum absolute atomic E-state index is 0.190. The Morgan fingerprint density at radius 3 is 2.23 bits per heavy atom. The second kappa shape index (κ2) is 7.64. The van der Waals surface area contributed by atoms with Crippen LogP contribution in [0.15, 0.2) is 24.3 Å². The molecule has 1 aromatic rings. The number of ether oxygens (including phenoxy) is 1. The van der Waals surface area contributed by atoms with Crippen LogP contribution in [0.5, 0.6) is 5.75 Å². The molecule has 0 spiro atoms. The predicted octanol–water partition coefficient (Wildman–Crippen LogP) is 4.94. The average Bonchev–Trinajstić information content (AvgIpc) is 2.43. The van der Waals surface area contributed by atoms with Gasteiger partial charge in [0.1, 0.15) is 10.6 Å². The van der Waals surface area contributed by atoms with E-state index in [1.165, 1.54) is 12.7 Å². The smallest absolute Gasteiger partial charge is 0.319 e. The summed E-state index contributed by atoms with van der Waals surface area (Å²) in [7, 11) is -0.382. The highest BCUT2D eigenvalue weighted by atomic mass is 79.9. The van der Waals surface area contributed by atoms with Crippen LogP contribution in [0.1, 0.15) is 32.8 Å². The number of hydrogen-bond donors (Lipinski definition) is 0. The van der Waals surface area contributed by atoms with Crippen LogP contribution in [0.25, 0.3) is 0 Å². The van der Waals surface area contributed by atoms with Gasteiger partial charge in [-0.05, 0) is 48.7 Å². The minimum atomic E-state index is -1.79. The number of aryl methyl sites for hydroxylation is 1. The third-order valence-electron chi connectivity index (χ3n) is 4.25. The van der Waals surface area contributed by atoms with E-state index >= 15 is 0 Å². The van der Waals surface area contributed by atoms with Crippen molar-refractivity contribution in [2.24, 2.45) is 0 Å². The van der Waals surface area contributed by atoms with E-state index in [1.807, 2.05) is 12.1 Å². The molecule has 0 saturated heterocycles. The van der Waals surface area contributed by atoms with Crippen LogP contribution in [0.4, 0.5) is 0 Å². The minimum Gasteiger partial charge on any atom is -0.544 e. The number of rotatable bonds is 6. The predicted molar refractivity (Wildman–Crippen MR) is 97.3 cm³/mol. The van der Waals surface area contributed by atoms with Gasteiger partial charge in [-0.3, -0.25) is 4.79 Å². The van der Waals surface area contributed by atoms with Crippen LogP contribution >= 0.6 is 15.9 Å². The molecule has 1 unspecified atom stereocenters. The van der Waals surface area contributed by atoms with Crippen LogP contribution in [0.2, 0.25) is 18.1 Å². The Hall–Kier alpha value is -0.813. The van der Waals surface area contributed by atoms with E-state index < -0.39 is 8.32 Å². The van der Waals surface area contributed by atoms with Gasteiger partial charge in [0.25, 0.3) is 0 Å². The third kappa shape index (κ3) is 5.43. The topological polar surface area (TPSA) is 35.5 Å². The van der Waals surface area contributed by atoms with E-state index in [-0.39, 0.29) is 15.8 Å². The fraction of sp³-hybridized carbons (Fsp3) is 0.588. The van der Waals surface area contributed by atoms with Crippen LogP contribution in [0.3, 0.4) is 0 Å². The van der Waals surface area contributed by atoms with E-state index in [9.17, 15) is 4.79 Å². The Labute approximate surface area is 143 Å². The lowest BCUT2D eigenvalue weighted by atomic mass is 10.1. The quantitative estimate of drug-likeness (QED) is 0.394. The second-order valence-electron chi connectivity index (χ2n) is 7.04. The van der Waals surface area contributed by atoms with Gasteiger partial charge in [-0.25, -0.2) is 0 Å². The van der Waals surface area contributed by atoms with Gasteiger partial charge in [-0.1, -0.05) is 48.8 Å². The highest BCUT2D eigenvalue weighted by Gasteiger charge is 2.38. The first kappa shape index (κ1) is 19.2. The van der Waals surface area contributed by atoms with Crippen LogP contribution in [-0.4, -0.2) is 26.2 Å². The summed E-state index contributed by atoms with van der Waals surface area (Å²) in [5.74, 6) is 0.705. The van der Waals surface area contributed by atoms with Gasteiger partial charge in [-0.15, -0.1) is 0 Å². The zero-order chi connectivity index (χ0) is 17.0. The van der Waals surface area contributed by atoms with Crippen LogP contribution < -0.4 is 4.43 Å². The van der Waals surface area contributed by atoms with Crippen molar-refractivity contribution < 1.29 is 14.0 Å². The molecule has 1 atom stereocenters. The van der Waals surface area contributed by atoms with Gasteiger partial charge >= 0.3 is 5.97 Å². The molecule has 0 aliphatic rings. The number of benzene rings is 1. The Balaban J connectivity index is 2.62. The molecule has 22 heavy (non-hydrogen) atoms. The lowest BCUT2D eigenvalue weighted by Crippen LogP contribution is -2.43. The maximum Gasteiger partial charge on any atom is 0.319 e. The van der Waals surface area contributed by atoms with E-state index in [2.05, 4.69) is 61.9 Å². The number of esters is 1. The van der Waals surface area contributed by atoms with Gasteiger partial charge in [0.15, 0.2) is 0 Å². The molecule has 0 aliphatic heterocycles. The van der Waals surface area contributed by atoms with Gasteiger partial charge in [0, 0.05) is 0 Å². The SMILES string of the molecule is COC(=O)C(Br)CCc1ccc(O[Si](C)(C)C(C)(C)C)cc1. The zero-order valence-corrected chi connectivity index (χ0v) is 17.0. The van der Waals surface area contributed by atoms with Crippen LogP contribution in [0, 0.1) is 0 Å². The molecule has 0 saturated carbocycles. The zero-order valence-electron chi connectivity index (χ0n) is 14.4. The number of halogens is 1. The molecule has 0 aromatic heterocycles. The standard InChI is InChI=1S/C17H27BrO3Si/c1-17(2,3)22(5,6)21-14-10-7-13(8-11-14)9-12-15(18)16(19)20-4/h7-8,10-11,15H,9,12H2,1-6H3. The largest absolute Gasteiger partial charge is 0.544 e. The van der Waals surface area contributed by atoms with Crippen molar-refractivity contribution in [1.82, 2.24) is 0 Å². The van der Waals surface area contributed by atoms with Crippen molar-refractivity contribution in [2.75, 3.05) is 7.11 Å². The Kier molecular flexibility index (Phi) is 6.68. The summed E-state index contributed by atoms with van der Waals surface area (Å²) in [6.07, 6.45) is 1.54. The Bertz CT molecular complexity index is 492. The lowest BCUT2D eigenvalue weighted by molar-refractivity contribution is -0.139. The van der Waals surface area contributed by atoms with Crippen molar-refractivity contribution in [2.45, 2.75) is 56.6 Å². The van der Waals surface area contributed by atoms with E-state index in [0.717, 1.165) is 18.6 Å². The van der Waals surface area contributed by atoms with Crippen molar-refractivity contribution >= 4 is 30.2 Å². The molecular formula is C17H27BrO3Si. The first-order chi connectivity index (χ1) is 10.1. The number of carbonyl (C=O) groups excluding carboxylic acids is 1. The Morgan fingerprint density at radius 1 is 1.23 bits per heavy atom. The van der Waals surface area contributed by atoms with Crippen molar-refractivity contribution in [3.63, 3.8) is 0 Å². The summed E-state index contributed by atoms with van der Waals surface area (Å²) in [5, 5.41) is 0.190. The fourth-order valence-corrected chi connectivity index (χ4v) is 3.16. The Morgan fingerprint density at radius 2 is 1.77 bits per heavy atom. The molecule has 0 N–H and O–H groups in total. The van der Waals surface area contributed by atoms with Gasteiger partial charge in [0.2, 0.25) is 8.32 Å². The molecule has 0 radical (unpaired) electrons. The first-order valence-electron chi connectivity index (χ1n) is 7.56. The molecule has 124 valence electrons. The number of alkyl halides is 1. The second-order valence-corrected chi connectivity index (χ2v) is 12.9. The lowest BCUT2D eigenvalue weighted by Gasteiger charge is -2.36. The summed E-state index contributed by atoms with van der Waals surface area (Å²) in [5.41, 5.74) is 1.19. The molecule has 5 heteroatoms. The summed E-state index contributed by atoms with van der Waals surface area (Å²) < 4.78 is 11.0. The van der Waals surface area contributed by atoms with E-state index in [0.29, 0.717) is 0 Å². The van der Waals surface area contributed by atoms with Gasteiger partial charge < -0.3 is 9.16 Å². The van der Waals surface area contributed by atoms with Crippen molar-refractivity contribution in [1.29, 1.82) is 0 Å². The normalized spacial score (nSPS) is 13.6. The summed E-state index contributed by atoms with van der Waals surface area (Å²) in [6.45, 7) is 11.2. The fourth-order valence-electron chi connectivity index (χ4n) is 1.71. The maximum atomic E-state index is 11.4. The summed E-state index contributed by atoms with van der Waals surface area (Å²) in [6, 6.07) is 8.19.